The van der Waals surface area contributed by atoms with E-state index in [0.717, 1.165) is 4.47 Å². The summed E-state index contributed by atoms with van der Waals surface area (Å²) in [5.74, 6) is -0.0982. The number of aliphatic carboxylic acids is 1. The third-order valence-corrected chi connectivity index (χ3v) is 3.14. The number of hydrogen-bond acceptors (Lipinski definition) is 5. The second kappa shape index (κ2) is 5.70. The first-order chi connectivity index (χ1) is 9.35. The molecule has 2 aromatic heterocycles. The molecule has 0 aromatic carbocycles. The minimum Gasteiger partial charge on any atom is -0.481 e. The normalized spacial score (nSPS) is 11.6. The third kappa shape index (κ3) is 3.86. The maximum Gasteiger partial charge on any atom is 0.303 e. The van der Waals surface area contributed by atoms with Gasteiger partial charge in [0.2, 0.25) is 5.89 Å². The summed E-state index contributed by atoms with van der Waals surface area (Å²) in [6, 6.07) is 3.60. The Morgan fingerprint density at radius 1 is 1.40 bits per heavy atom. The molecule has 6 nitrogen and oxygen atoms in total. The molecule has 0 bridgehead atoms. The Bertz CT molecular complexity index is 608. The molecule has 20 heavy (non-hydrogen) atoms. The molecule has 0 saturated heterocycles. The Balaban J connectivity index is 2.13. The van der Waals surface area contributed by atoms with Gasteiger partial charge < -0.3 is 9.52 Å². The second-order valence-electron chi connectivity index (χ2n) is 5.27. The van der Waals surface area contributed by atoms with Gasteiger partial charge in [0.05, 0.1) is 6.42 Å². The molecule has 0 aliphatic carbocycles. The van der Waals surface area contributed by atoms with E-state index >= 15 is 0 Å². The first-order valence-corrected chi connectivity index (χ1v) is 6.81. The lowest BCUT2D eigenvalue weighted by Gasteiger charge is -2.19. The van der Waals surface area contributed by atoms with Crippen molar-refractivity contribution in [1.82, 2.24) is 15.2 Å². The van der Waals surface area contributed by atoms with Crippen molar-refractivity contribution in [2.24, 2.45) is 5.41 Å². The summed E-state index contributed by atoms with van der Waals surface area (Å²) in [7, 11) is 0. The molecule has 0 saturated carbocycles. The quantitative estimate of drug-likeness (QED) is 0.900. The van der Waals surface area contributed by atoms with Gasteiger partial charge in [-0.2, -0.15) is 0 Å². The summed E-state index contributed by atoms with van der Waals surface area (Å²) < 4.78 is 6.40. The number of pyridine rings is 1. The minimum atomic E-state index is -0.843. The molecule has 2 heterocycles. The summed E-state index contributed by atoms with van der Waals surface area (Å²) in [6.45, 7) is 3.70. The van der Waals surface area contributed by atoms with Crippen LogP contribution in [0.2, 0.25) is 0 Å². The van der Waals surface area contributed by atoms with Gasteiger partial charge in [0, 0.05) is 17.1 Å². The van der Waals surface area contributed by atoms with E-state index in [4.69, 9.17) is 9.52 Å². The van der Waals surface area contributed by atoms with Crippen LogP contribution in [0.25, 0.3) is 11.6 Å². The molecule has 0 atom stereocenters. The highest BCUT2D eigenvalue weighted by atomic mass is 79.9. The summed E-state index contributed by atoms with van der Waals surface area (Å²) in [4.78, 5) is 15.0. The topological polar surface area (TPSA) is 89.1 Å². The van der Waals surface area contributed by atoms with Crippen molar-refractivity contribution in [2.45, 2.75) is 26.7 Å². The van der Waals surface area contributed by atoms with Crippen molar-refractivity contribution >= 4 is 21.9 Å². The Morgan fingerprint density at radius 2 is 2.15 bits per heavy atom. The SMILES string of the molecule is CC(C)(CC(=O)O)Cc1nnc(-c2ccc(Br)cn2)o1. The molecule has 106 valence electrons. The zero-order chi connectivity index (χ0) is 14.8. The molecular formula is C13H14BrN3O3. The van der Waals surface area contributed by atoms with Crippen molar-refractivity contribution in [3.8, 4) is 11.6 Å². The van der Waals surface area contributed by atoms with Crippen LogP contribution in [0.5, 0.6) is 0 Å². The van der Waals surface area contributed by atoms with E-state index in [1.54, 1.807) is 12.3 Å². The fraction of sp³-hybridized carbons (Fsp3) is 0.385. The summed E-state index contributed by atoms with van der Waals surface area (Å²) in [6.07, 6.45) is 2.09. The number of nitrogens with zero attached hydrogens (tertiary/aromatic N) is 3. The zero-order valence-electron chi connectivity index (χ0n) is 11.1. The van der Waals surface area contributed by atoms with Crippen LogP contribution >= 0.6 is 15.9 Å². The molecule has 0 spiro atoms. The van der Waals surface area contributed by atoms with E-state index in [-0.39, 0.29) is 6.42 Å². The summed E-state index contributed by atoms with van der Waals surface area (Å²) >= 11 is 3.30. The lowest BCUT2D eigenvalue weighted by Crippen LogP contribution is -2.19. The number of rotatable bonds is 5. The maximum atomic E-state index is 10.8. The van der Waals surface area contributed by atoms with Crippen LogP contribution in [0.15, 0.2) is 27.2 Å². The molecule has 0 radical (unpaired) electrons. The largest absolute Gasteiger partial charge is 0.481 e. The maximum absolute atomic E-state index is 10.8. The average molecular weight is 340 g/mol. The second-order valence-corrected chi connectivity index (χ2v) is 6.19. The number of carbonyl (C=O) groups is 1. The van der Waals surface area contributed by atoms with Crippen LogP contribution in [-0.2, 0) is 11.2 Å². The minimum absolute atomic E-state index is 0.0429. The van der Waals surface area contributed by atoms with Gasteiger partial charge in [-0.1, -0.05) is 13.8 Å². The lowest BCUT2D eigenvalue weighted by atomic mass is 9.86. The first kappa shape index (κ1) is 14.6. The Labute approximate surface area is 124 Å². The summed E-state index contributed by atoms with van der Waals surface area (Å²) in [5.41, 5.74) is 0.144. The predicted octanol–water partition coefficient (Wildman–Crippen LogP) is 2.94. The van der Waals surface area contributed by atoms with E-state index < -0.39 is 11.4 Å². The molecular weight excluding hydrogens is 326 g/mol. The number of hydrogen-bond donors (Lipinski definition) is 1. The van der Waals surface area contributed by atoms with Gasteiger partial charge in [-0.25, -0.2) is 4.98 Å². The molecule has 0 amide bonds. The van der Waals surface area contributed by atoms with E-state index in [2.05, 4.69) is 31.1 Å². The van der Waals surface area contributed by atoms with Gasteiger partial charge in [-0.15, -0.1) is 10.2 Å². The highest BCUT2D eigenvalue weighted by Crippen LogP contribution is 2.26. The third-order valence-electron chi connectivity index (χ3n) is 2.67. The molecule has 0 fully saturated rings. The zero-order valence-corrected chi connectivity index (χ0v) is 12.7. The van der Waals surface area contributed by atoms with E-state index in [9.17, 15) is 4.79 Å². The van der Waals surface area contributed by atoms with Gasteiger partial charge >= 0.3 is 5.97 Å². The number of aromatic nitrogens is 3. The van der Waals surface area contributed by atoms with Crippen LogP contribution in [-0.4, -0.2) is 26.3 Å². The van der Waals surface area contributed by atoms with Crippen LogP contribution in [0.3, 0.4) is 0 Å². The van der Waals surface area contributed by atoms with Crippen LogP contribution in [0.4, 0.5) is 0 Å². The average Bonchev–Trinajstić information content (AvgIpc) is 2.75. The molecule has 0 unspecified atom stereocenters. The molecule has 7 heteroatoms. The van der Waals surface area contributed by atoms with Crippen LogP contribution < -0.4 is 0 Å². The summed E-state index contributed by atoms with van der Waals surface area (Å²) in [5, 5.41) is 16.7. The number of carboxylic acids is 1. The monoisotopic (exact) mass is 339 g/mol. The van der Waals surface area contributed by atoms with Gasteiger partial charge in [0.25, 0.3) is 5.89 Å². The molecule has 0 aliphatic heterocycles. The van der Waals surface area contributed by atoms with E-state index in [1.165, 1.54) is 0 Å². The standard InChI is InChI=1S/C13H14BrN3O3/c1-13(2,6-11(18)19)5-10-16-17-12(20-10)9-4-3-8(14)7-15-9/h3-4,7H,5-6H2,1-2H3,(H,18,19). The Kier molecular flexibility index (Phi) is 4.17. The Hall–Kier alpha value is -1.76. The fourth-order valence-electron chi connectivity index (χ4n) is 1.81. The van der Waals surface area contributed by atoms with E-state index in [1.807, 2.05) is 19.9 Å². The number of halogens is 1. The van der Waals surface area contributed by atoms with Gasteiger partial charge in [-0.05, 0) is 33.5 Å². The number of carboxylic acid groups (broad SMARTS) is 1. The lowest BCUT2D eigenvalue weighted by molar-refractivity contribution is -0.139. The highest BCUT2D eigenvalue weighted by molar-refractivity contribution is 9.10. The van der Waals surface area contributed by atoms with Crippen molar-refractivity contribution in [1.29, 1.82) is 0 Å². The molecule has 1 N–H and O–H groups in total. The Morgan fingerprint density at radius 3 is 2.75 bits per heavy atom. The van der Waals surface area contributed by atoms with Gasteiger partial charge in [-0.3, -0.25) is 4.79 Å². The molecule has 2 rings (SSSR count). The molecule has 0 aliphatic rings. The van der Waals surface area contributed by atoms with Gasteiger partial charge in [0.1, 0.15) is 5.69 Å². The smallest absolute Gasteiger partial charge is 0.303 e. The highest BCUT2D eigenvalue weighted by Gasteiger charge is 2.25. The van der Waals surface area contributed by atoms with Crippen LogP contribution in [0, 0.1) is 5.41 Å². The van der Waals surface area contributed by atoms with Crippen molar-refractivity contribution in [3.05, 3.63) is 28.7 Å². The fourth-order valence-corrected chi connectivity index (χ4v) is 2.05. The van der Waals surface area contributed by atoms with Crippen LogP contribution in [0.1, 0.15) is 26.2 Å². The van der Waals surface area contributed by atoms with Crippen molar-refractivity contribution < 1.29 is 14.3 Å². The van der Waals surface area contributed by atoms with Crippen molar-refractivity contribution in [3.63, 3.8) is 0 Å². The van der Waals surface area contributed by atoms with E-state index in [0.29, 0.717) is 23.9 Å². The predicted molar refractivity (Wildman–Crippen MR) is 75.0 cm³/mol. The van der Waals surface area contributed by atoms with Crippen molar-refractivity contribution in [2.75, 3.05) is 0 Å². The first-order valence-electron chi connectivity index (χ1n) is 6.02. The van der Waals surface area contributed by atoms with Gasteiger partial charge in [0.15, 0.2) is 0 Å². The molecule has 2 aromatic rings.